The van der Waals surface area contributed by atoms with Crippen LogP contribution in [0.5, 0.6) is 0 Å². The Balaban J connectivity index is 2.13. The minimum absolute atomic E-state index is 0.337. The van der Waals surface area contributed by atoms with Crippen LogP contribution in [0.4, 0.5) is 5.95 Å². The predicted octanol–water partition coefficient (Wildman–Crippen LogP) is 4.28. The van der Waals surface area contributed by atoms with Gasteiger partial charge in [-0.3, -0.25) is 0 Å². The van der Waals surface area contributed by atoms with Crippen molar-refractivity contribution in [3.8, 4) is 11.3 Å². The first-order valence-electron chi connectivity index (χ1n) is 7.78. The highest BCUT2D eigenvalue weighted by atomic mass is 15.0. The number of fused-ring (bicyclic) bond motifs is 3. The third kappa shape index (κ3) is 2.54. The molecule has 1 aliphatic carbocycles. The first-order chi connectivity index (χ1) is 10.7. The summed E-state index contributed by atoms with van der Waals surface area (Å²) in [5.41, 5.74) is 11.8. The summed E-state index contributed by atoms with van der Waals surface area (Å²) >= 11 is 0. The normalized spacial score (nSPS) is 17.4. The minimum atomic E-state index is 0.337. The van der Waals surface area contributed by atoms with E-state index in [1.54, 1.807) is 0 Å². The van der Waals surface area contributed by atoms with Crippen LogP contribution >= 0.6 is 0 Å². The lowest BCUT2D eigenvalue weighted by molar-refractivity contribution is 0.779. The van der Waals surface area contributed by atoms with Crippen molar-refractivity contribution in [3.05, 3.63) is 65.4 Å². The molecule has 1 unspecified atom stereocenters. The maximum Gasteiger partial charge on any atom is 0.220 e. The first-order valence-corrected chi connectivity index (χ1v) is 7.78. The molecule has 0 spiro atoms. The highest BCUT2D eigenvalue weighted by molar-refractivity contribution is 5.72. The van der Waals surface area contributed by atoms with Crippen molar-refractivity contribution in [2.24, 2.45) is 0 Å². The lowest BCUT2D eigenvalue weighted by Gasteiger charge is -2.28. The largest absolute Gasteiger partial charge is 0.368 e. The van der Waals surface area contributed by atoms with E-state index in [1.807, 2.05) is 6.20 Å². The lowest BCUT2D eigenvalue weighted by Crippen LogP contribution is -2.15. The monoisotopic (exact) mass is 291 g/mol. The molecular formula is C19H21N3. The van der Waals surface area contributed by atoms with Gasteiger partial charge in [0, 0.05) is 17.7 Å². The average molecular weight is 291 g/mol. The van der Waals surface area contributed by atoms with Crippen LogP contribution in [0, 0.1) is 0 Å². The smallest absolute Gasteiger partial charge is 0.220 e. The number of nitrogens with two attached hydrogens (primary N) is 1. The highest BCUT2D eigenvalue weighted by Gasteiger charge is 2.27. The molecule has 1 aliphatic rings. The zero-order valence-corrected chi connectivity index (χ0v) is 13.1. The lowest BCUT2D eigenvalue weighted by atomic mass is 9.77. The summed E-state index contributed by atoms with van der Waals surface area (Å²) < 4.78 is 0. The molecule has 0 saturated heterocycles. The van der Waals surface area contributed by atoms with E-state index in [4.69, 9.17) is 5.73 Å². The second-order valence-electron chi connectivity index (χ2n) is 5.55. The van der Waals surface area contributed by atoms with Crippen molar-refractivity contribution in [2.75, 3.05) is 5.73 Å². The fourth-order valence-electron chi connectivity index (χ4n) is 3.11. The quantitative estimate of drug-likeness (QED) is 0.859. The summed E-state index contributed by atoms with van der Waals surface area (Å²) in [4.78, 5) is 8.64. The van der Waals surface area contributed by atoms with Crippen molar-refractivity contribution in [3.63, 3.8) is 0 Å². The third-order valence-electron chi connectivity index (χ3n) is 4.18. The molecule has 0 radical (unpaired) electrons. The molecule has 3 rings (SSSR count). The Hall–Kier alpha value is -2.42. The maximum atomic E-state index is 5.78. The van der Waals surface area contributed by atoms with Gasteiger partial charge in [-0.2, -0.15) is 0 Å². The SMILES string of the molecule is C/C=C(\C=C/CC)C1Cc2cnc(N)nc2-c2ccccc21. The fourth-order valence-corrected chi connectivity index (χ4v) is 3.11. The van der Waals surface area contributed by atoms with Crippen LogP contribution in [0.25, 0.3) is 11.3 Å². The number of hydrogen-bond acceptors (Lipinski definition) is 3. The Morgan fingerprint density at radius 2 is 2.18 bits per heavy atom. The van der Waals surface area contributed by atoms with Crippen LogP contribution in [-0.4, -0.2) is 9.97 Å². The number of nitrogen functional groups attached to an aromatic ring is 1. The summed E-state index contributed by atoms with van der Waals surface area (Å²) in [6.07, 6.45) is 10.5. The van der Waals surface area contributed by atoms with Crippen LogP contribution in [-0.2, 0) is 6.42 Å². The van der Waals surface area contributed by atoms with Crippen LogP contribution in [0.15, 0.2) is 54.3 Å². The van der Waals surface area contributed by atoms with Gasteiger partial charge in [-0.25, -0.2) is 9.97 Å². The Morgan fingerprint density at radius 1 is 1.36 bits per heavy atom. The Labute approximate surface area is 131 Å². The fraction of sp³-hybridized carbons (Fsp3) is 0.263. The molecule has 1 heterocycles. The molecule has 0 amide bonds. The molecule has 3 heteroatoms. The number of anilines is 1. The number of nitrogens with zero attached hydrogens (tertiary/aromatic N) is 2. The van der Waals surface area contributed by atoms with Gasteiger partial charge in [-0.05, 0) is 36.5 Å². The molecule has 0 aliphatic heterocycles. The molecule has 0 saturated carbocycles. The molecule has 112 valence electrons. The van der Waals surface area contributed by atoms with E-state index in [-0.39, 0.29) is 0 Å². The second-order valence-corrected chi connectivity index (χ2v) is 5.55. The van der Waals surface area contributed by atoms with Crippen LogP contribution in [0.2, 0.25) is 0 Å². The zero-order chi connectivity index (χ0) is 15.5. The number of allylic oxidation sites excluding steroid dienone is 4. The van der Waals surface area contributed by atoms with E-state index in [0.29, 0.717) is 11.9 Å². The van der Waals surface area contributed by atoms with Gasteiger partial charge in [0.25, 0.3) is 0 Å². The molecule has 0 fully saturated rings. The maximum absolute atomic E-state index is 5.78. The summed E-state index contributed by atoms with van der Waals surface area (Å²) in [5.74, 6) is 0.688. The summed E-state index contributed by atoms with van der Waals surface area (Å²) in [5, 5.41) is 0. The van der Waals surface area contributed by atoms with Gasteiger partial charge in [0.05, 0.1) is 5.69 Å². The van der Waals surface area contributed by atoms with Gasteiger partial charge in [-0.15, -0.1) is 0 Å². The van der Waals surface area contributed by atoms with Gasteiger partial charge >= 0.3 is 0 Å². The van der Waals surface area contributed by atoms with Crippen molar-refractivity contribution in [1.82, 2.24) is 9.97 Å². The van der Waals surface area contributed by atoms with Gasteiger partial charge in [-0.1, -0.05) is 49.4 Å². The van der Waals surface area contributed by atoms with Crippen LogP contribution in [0.3, 0.4) is 0 Å². The molecule has 1 aromatic heterocycles. The van der Waals surface area contributed by atoms with Crippen LogP contribution in [0.1, 0.15) is 37.3 Å². The van der Waals surface area contributed by atoms with E-state index in [0.717, 1.165) is 18.5 Å². The zero-order valence-electron chi connectivity index (χ0n) is 13.1. The topological polar surface area (TPSA) is 51.8 Å². The van der Waals surface area contributed by atoms with E-state index in [1.165, 1.54) is 22.3 Å². The number of benzene rings is 1. The standard InChI is InChI=1S/C19H21N3/c1-3-5-8-13(4-2)17-11-14-12-21-19(20)22-18(14)16-10-7-6-9-15(16)17/h4-10,12,17H,3,11H2,1-2H3,(H2,20,21,22)/b8-5-,13-4+. The molecule has 0 bridgehead atoms. The average Bonchev–Trinajstić information content (AvgIpc) is 2.56. The van der Waals surface area contributed by atoms with Gasteiger partial charge in [0.1, 0.15) is 0 Å². The Kier molecular flexibility index (Phi) is 4.05. The molecule has 2 N–H and O–H groups in total. The first kappa shape index (κ1) is 14.5. The Morgan fingerprint density at radius 3 is 2.95 bits per heavy atom. The van der Waals surface area contributed by atoms with Crippen molar-refractivity contribution >= 4 is 5.95 Å². The number of aromatic nitrogens is 2. The number of hydrogen-bond donors (Lipinski definition) is 1. The van der Waals surface area contributed by atoms with Gasteiger partial charge in [0.2, 0.25) is 5.95 Å². The molecule has 1 atom stereocenters. The van der Waals surface area contributed by atoms with E-state index in [9.17, 15) is 0 Å². The van der Waals surface area contributed by atoms with Crippen LogP contribution < -0.4 is 5.73 Å². The number of rotatable bonds is 3. The highest BCUT2D eigenvalue weighted by Crippen LogP contribution is 2.42. The molecule has 3 nitrogen and oxygen atoms in total. The van der Waals surface area contributed by atoms with Crippen molar-refractivity contribution in [1.29, 1.82) is 0 Å². The molecule has 22 heavy (non-hydrogen) atoms. The van der Waals surface area contributed by atoms with E-state index >= 15 is 0 Å². The predicted molar refractivity (Wildman–Crippen MR) is 91.5 cm³/mol. The molecule has 2 aromatic rings. The summed E-state index contributed by atoms with van der Waals surface area (Å²) in [7, 11) is 0. The second kappa shape index (κ2) is 6.14. The van der Waals surface area contributed by atoms with Gasteiger partial charge < -0.3 is 5.73 Å². The summed E-state index contributed by atoms with van der Waals surface area (Å²) in [6.45, 7) is 4.26. The van der Waals surface area contributed by atoms with E-state index in [2.05, 4.69) is 66.3 Å². The summed E-state index contributed by atoms with van der Waals surface area (Å²) in [6, 6.07) is 8.48. The van der Waals surface area contributed by atoms with Gasteiger partial charge in [0.15, 0.2) is 0 Å². The van der Waals surface area contributed by atoms with Crippen molar-refractivity contribution < 1.29 is 0 Å². The third-order valence-corrected chi connectivity index (χ3v) is 4.18. The molecule has 1 aromatic carbocycles. The Bertz CT molecular complexity index is 744. The van der Waals surface area contributed by atoms with Crippen molar-refractivity contribution in [2.45, 2.75) is 32.6 Å². The van der Waals surface area contributed by atoms with E-state index < -0.39 is 0 Å². The minimum Gasteiger partial charge on any atom is -0.368 e. The molecular weight excluding hydrogens is 270 g/mol.